The van der Waals surface area contributed by atoms with E-state index in [9.17, 15) is 4.79 Å². The van der Waals surface area contributed by atoms with Crippen LogP contribution in [0, 0.1) is 0 Å². The van der Waals surface area contributed by atoms with Crippen LogP contribution in [-0.2, 0) is 9.53 Å². The summed E-state index contributed by atoms with van der Waals surface area (Å²) in [5, 5.41) is 0.669. The summed E-state index contributed by atoms with van der Waals surface area (Å²) in [5.41, 5.74) is 3.73. The van der Waals surface area contributed by atoms with Crippen molar-refractivity contribution in [2.75, 3.05) is 0 Å². The molecule has 23 heavy (non-hydrogen) atoms. The number of esters is 1. The van der Waals surface area contributed by atoms with Crippen LogP contribution in [-0.4, -0.2) is 5.97 Å². The molecular weight excluding hydrogens is 308 g/mol. The molecule has 1 saturated heterocycles. The van der Waals surface area contributed by atoms with Crippen molar-refractivity contribution in [3.63, 3.8) is 0 Å². The van der Waals surface area contributed by atoms with Crippen LogP contribution in [0.1, 0.15) is 48.5 Å². The van der Waals surface area contributed by atoms with Gasteiger partial charge in [-0.05, 0) is 34.7 Å². The Balaban J connectivity index is 1.97. The van der Waals surface area contributed by atoms with Gasteiger partial charge in [0.25, 0.3) is 0 Å². The lowest BCUT2D eigenvalue weighted by Gasteiger charge is -2.19. The molecule has 0 spiro atoms. The lowest BCUT2D eigenvalue weighted by molar-refractivity contribution is -0.139. The molecule has 0 radical (unpaired) electrons. The van der Waals surface area contributed by atoms with E-state index in [2.05, 4.69) is 32.6 Å². The number of rotatable bonds is 3. The van der Waals surface area contributed by atoms with Gasteiger partial charge in [-0.15, -0.1) is 0 Å². The largest absolute Gasteiger partial charge is 0.453 e. The number of cyclic esters (lactones) is 1. The third-order valence-corrected chi connectivity index (χ3v) is 4.59. The molecule has 1 heterocycles. The SMILES string of the molecule is C=C1C(=O)OC(c2ccc(C(C)C)cc2)C1c1ccc(Cl)cc1. The number of carbonyl (C=O) groups is 1. The Morgan fingerprint density at radius 2 is 1.57 bits per heavy atom. The second-order valence-electron chi connectivity index (χ2n) is 6.20. The van der Waals surface area contributed by atoms with E-state index in [1.807, 2.05) is 36.4 Å². The first-order chi connectivity index (χ1) is 11.0. The first kappa shape index (κ1) is 15.8. The predicted molar refractivity (Wildman–Crippen MR) is 92.7 cm³/mol. The van der Waals surface area contributed by atoms with Crippen molar-refractivity contribution in [2.45, 2.75) is 31.8 Å². The summed E-state index contributed by atoms with van der Waals surface area (Å²) < 4.78 is 5.59. The highest BCUT2D eigenvalue weighted by Crippen LogP contribution is 2.45. The van der Waals surface area contributed by atoms with Crippen molar-refractivity contribution in [1.82, 2.24) is 0 Å². The fourth-order valence-electron chi connectivity index (χ4n) is 2.95. The Morgan fingerprint density at radius 3 is 2.13 bits per heavy atom. The monoisotopic (exact) mass is 326 g/mol. The van der Waals surface area contributed by atoms with Crippen LogP contribution < -0.4 is 0 Å². The zero-order valence-electron chi connectivity index (χ0n) is 13.3. The average Bonchev–Trinajstić information content (AvgIpc) is 2.84. The number of ether oxygens (including phenoxy) is 1. The Morgan fingerprint density at radius 1 is 1.00 bits per heavy atom. The van der Waals surface area contributed by atoms with Crippen LogP contribution in [0.5, 0.6) is 0 Å². The van der Waals surface area contributed by atoms with Crippen molar-refractivity contribution in [1.29, 1.82) is 0 Å². The first-order valence-electron chi connectivity index (χ1n) is 7.72. The zero-order chi connectivity index (χ0) is 16.6. The maximum Gasteiger partial charge on any atom is 0.334 e. The second kappa shape index (κ2) is 6.21. The van der Waals surface area contributed by atoms with Crippen molar-refractivity contribution in [2.24, 2.45) is 0 Å². The standard InChI is InChI=1S/C20H19ClO2/c1-12(2)14-4-6-16(7-5-14)19-18(13(3)20(22)23-19)15-8-10-17(21)11-9-15/h4-12,18-19H,3H2,1-2H3. The Labute approximate surface area is 141 Å². The maximum absolute atomic E-state index is 12.0. The molecule has 1 aliphatic rings. The first-order valence-corrected chi connectivity index (χ1v) is 8.10. The zero-order valence-corrected chi connectivity index (χ0v) is 14.0. The van der Waals surface area contributed by atoms with Gasteiger partial charge in [-0.2, -0.15) is 0 Å². The molecule has 2 nitrogen and oxygen atoms in total. The topological polar surface area (TPSA) is 26.3 Å². The van der Waals surface area contributed by atoms with Gasteiger partial charge in [-0.1, -0.05) is 68.4 Å². The number of halogens is 1. The van der Waals surface area contributed by atoms with Crippen LogP contribution in [0.2, 0.25) is 5.02 Å². The van der Waals surface area contributed by atoms with Gasteiger partial charge in [0.2, 0.25) is 0 Å². The molecule has 0 aromatic heterocycles. The van der Waals surface area contributed by atoms with Gasteiger partial charge in [0.05, 0.1) is 5.92 Å². The Kier molecular flexibility index (Phi) is 4.27. The van der Waals surface area contributed by atoms with Gasteiger partial charge in [-0.3, -0.25) is 0 Å². The Bertz CT molecular complexity index is 729. The molecule has 1 aliphatic heterocycles. The normalized spacial score (nSPS) is 20.9. The maximum atomic E-state index is 12.0. The molecule has 0 amide bonds. The third kappa shape index (κ3) is 3.04. The lowest BCUT2D eigenvalue weighted by atomic mass is 9.85. The number of hydrogen-bond acceptors (Lipinski definition) is 2. The van der Waals surface area contributed by atoms with Gasteiger partial charge < -0.3 is 4.74 Å². The summed E-state index contributed by atoms with van der Waals surface area (Å²) in [6.45, 7) is 8.24. The van der Waals surface area contributed by atoms with E-state index in [-0.39, 0.29) is 18.0 Å². The van der Waals surface area contributed by atoms with Crippen molar-refractivity contribution >= 4 is 17.6 Å². The van der Waals surface area contributed by atoms with E-state index in [0.29, 0.717) is 16.5 Å². The summed E-state index contributed by atoms with van der Waals surface area (Å²) in [7, 11) is 0. The highest BCUT2D eigenvalue weighted by Gasteiger charge is 2.40. The van der Waals surface area contributed by atoms with Crippen LogP contribution >= 0.6 is 11.6 Å². The quantitative estimate of drug-likeness (QED) is 0.557. The van der Waals surface area contributed by atoms with E-state index >= 15 is 0 Å². The molecule has 0 saturated carbocycles. The summed E-state index contributed by atoms with van der Waals surface area (Å²) >= 11 is 5.96. The molecule has 2 unspecified atom stereocenters. The minimum Gasteiger partial charge on any atom is -0.453 e. The minimum absolute atomic E-state index is 0.176. The van der Waals surface area contributed by atoms with E-state index in [1.165, 1.54) is 5.56 Å². The van der Waals surface area contributed by atoms with Crippen LogP contribution in [0.15, 0.2) is 60.7 Å². The molecule has 2 aromatic rings. The third-order valence-electron chi connectivity index (χ3n) is 4.34. The predicted octanol–water partition coefficient (Wildman–Crippen LogP) is 5.40. The highest BCUT2D eigenvalue weighted by atomic mass is 35.5. The molecule has 3 rings (SSSR count). The van der Waals surface area contributed by atoms with Gasteiger partial charge in [-0.25, -0.2) is 4.79 Å². The van der Waals surface area contributed by atoms with E-state index in [4.69, 9.17) is 16.3 Å². The van der Waals surface area contributed by atoms with Gasteiger partial charge in [0.1, 0.15) is 6.10 Å². The van der Waals surface area contributed by atoms with Crippen LogP contribution in [0.25, 0.3) is 0 Å². The number of carbonyl (C=O) groups excluding carboxylic acids is 1. The second-order valence-corrected chi connectivity index (χ2v) is 6.64. The van der Waals surface area contributed by atoms with Gasteiger partial charge in [0, 0.05) is 10.6 Å². The fraction of sp³-hybridized carbons (Fsp3) is 0.250. The molecule has 118 valence electrons. The molecule has 1 fully saturated rings. The highest BCUT2D eigenvalue weighted by molar-refractivity contribution is 6.30. The van der Waals surface area contributed by atoms with Gasteiger partial charge >= 0.3 is 5.97 Å². The Hall–Kier alpha value is -2.06. The molecule has 0 bridgehead atoms. The van der Waals surface area contributed by atoms with Crippen LogP contribution in [0.4, 0.5) is 0 Å². The molecular formula is C20H19ClO2. The van der Waals surface area contributed by atoms with Crippen LogP contribution in [0.3, 0.4) is 0 Å². The van der Waals surface area contributed by atoms with E-state index in [1.54, 1.807) is 0 Å². The number of benzene rings is 2. The smallest absolute Gasteiger partial charge is 0.334 e. The molecule has 0 N–H and O–H groups in total. The van der Waals surface area contributed by atoms with E-state index < -0.39 is 0 Å². The molecule has 2 aromatic carbocycles. The van der Waals surface area contributed by atoms with Gasteiger partial charge in [0.15, 0.2) is 0 Å². The average molecular weight is 327 g/mol. The summed E-state index contributed by atoms with van der Waals surface area (Å²) in [4.78, 5) is 12.0. The number of hydrogen-bond donors (Lipinski definition) is 0. The van der Waals surface area contributed by atoms with Crippen molar-refractivity contribution in [3.05, 3.63) is 82.4 Å². The van der Waals surface area contributed by atoms with Crippen molar-refractivity contribution < 1.29 is 9.53 Å². The van der Waals surface area contributed by atoms with E-state index in [0.717, 1.165) is 11.1 Å². The molecule has 0 aliphatic carbocycles. The summed E-state index contributed by atoms with van der Waals surface area (Å²) in [6, 6.07) is 15.8. The summed E-state index contributed by atoms with van der Waals surface area (Å²) in [6.07, 6.45) is -0.336. The lowest BCUT2D eigenvalue weighted by Crippen LogP contribution is -2.07. The minimum atomic E-state index is -0.336. The summed E-state index contributed by atoms with van der Waals surface area (Å²) in [5.74, 6) is -0.0373. The molecule has 2 atom stereocenters. The molecule has 3 heteroatoms. The van der Waals surface area contributed by atoms with Crippen molar-refractivity contribution in [3.8, 4) is 0 Å². The fourth-order valence-corrected chi connectivity index (χ4v) is 3.07.